The van der Waals surface area contributed by atoms with Gasteiger partial charge in [0.05, 0.1) is 5.69 Å². The maximum atomic E-state index is 13.2. The van der Waals surface area contributed by atoms with E-state index in [1.807, 2.05) is 32.0 Å². The summed E-state index contributed by atoms with van der Waals surface area (Å²) < 4.78 is 14.8. The van der Waals surface area contributed by atoms with Gasteiger partial charge in [0.2, 0.25) is 0 Å². The molecule has 5 nitrogen and oxygen atoms in total. The maximum absolute atomic E-state index is 13.2. The van der Waals surface area contributed by atoms with Gasteiger partial charge in [0.1, 0.15) is 5.82 Å². The number of tetrazole rings is 1. The van der Waals surface area contributed by atoms with E-state index in [2.05, 4.69) is 15.5 Å². The first kappa shape index (κ1) is 13.2. The van der Waals surface area contributed by atoms with Gasteiger partial charge in [-0.25, -0.2) is 4.39 Å². The Bertz CT molecular complexity index is 789. The summed E-state index contributed by atoms with van der Waals surface area (Å²) in [5.74, 6) is 0.104. The fourth-order valence-corrected chi connectivity index (χ4v) is 2.38. The number of rotatable bonds is 2. The van der Waals surface area contributed by atoms with E-state index in [9.17, 15) is 4.39 Å². The third-order valence-electron chi connectivity index (χ3n) is 3.38. The molecule has 0 atom stereocenters. The third kappa shape index (κ3) is 2.24. The van der Waals surface area contributed by atoms with E-state index in [1.165, 1.54) is 12.1 Å². The van der Waals surface area contributed by atoms with Crippen molar-refractivity contribution in [2.75, 3.05) is 5.73 Å². The van der Waals surface area contributed by atoms with Crippen molar-refractivity contribution < 1.29 is 4.39 Å². The molecule has 0 aliphatic rings. The van der Waals surface area contributed by atoms with Crippen LogP contribution >= 0.6 is 0 Å². The molecule has 0 aliphatic heterocycles. The molecular weight excluding hydrogens is 269 g/mol. The van der Waals surface area contributed by atoms with Gasteiger partial charge in [-0.2, -0.15) is 4.68 Å². The van der Waals surface area contributed by atoms with E-state index >= 15 is 0 Å². The highest BCUT2D eigenvalue weighted by molar-refractivity contribution is 5.72. The van der Waals surface area contributed by atoms with Crippen LogP contribution < -0.4 is 5.73 Å². The van der Waals surface area contributed by atoms with Crippen molar-refractivity contribution in [1.82, 2.24) is 20.2 Å². The second kappa shape index (κ2) is 4.97. The van der Waals surface area contributed by atoms with Crippen molar-refractivity contribution in [3.8, 4) is 17.1 Å². The number of anilines is 1. The lowest BCUT2D eigenvalue weighted by molar-refractivity contribution is 0.628. The van der Waals surface area contributed by atoms with Crippen LogP contribution in [0.25, 0.3) is 17.1 Å². The van der Waals surface area contributed by atoms with Crippen LogP contribution in [0.4, 0.5) is 10.1 Å². The summed E-state index contributed by atoms with van der Waals surface area (Å²) in [5, 5.41) is 11.8. The molecule has 0 fully saturated rings. The zero-order valence-electron chi connectivity index (χ0n) is 11.7. The first-order chi connectivity index (χ1) is 10.1. The standard InChI is InChI=1S/C15H14FN5/c1-9-4-3-5-10(2)14(9)21-15(18-19-20-21)12-7-6-11(16)8-13(12)17/h3-8H,17H2,1-2H3. The zero-order valence-corrected chi connectivity index (χ0v) is 11.7. The minimum absolute atomic E-state index is 0.303. The Morgan fingerprint density at radius 3 is 2.48 bits per heavy atom. The van der Waals surface area contributed by atoms with Crippen LogP contribution in [0.3, 0.4) is 0 Å². The Labute approximate surface area is 121 Å². The largest absolute Gasteiger partial charge is 0.398 e. The van der Waals surface area contributed by atoms with E-state index in [1.54, 1.807) is 10.7 Å². The van der Waals surface area contributed by atoms with E-state index in [4.69, 9.17) is 5.73 Å². The van der Waals surface area contributed by atoms with E-state index in [0.29, 0.717) is 17.1 Å². The summed E-state index contributed by atoms with van der Waals surface area (Å²) in [7, 11) is 0. The van der Waals surface area contributed by atoms with Gasteiger partial charge >= 0.3 is 0 Å². The van der Waals surface area contributed by atoms with Gasteiger partial charge in [0.15, 0.2) is 5.82 Å². The fourth-order valence-electron chi connectivity index (χ4n) is 2.38. The summed E-state index contributed by atoms with van der Waals surface area (Å²) in [4.78, 5) is 0. The lowest BCUT2D eigenvalue weighted by Gasteiger charge is -2.11. The van der Waals surface area contributed by atoms with Gasteiger partial charge in [-0.1, -0.05) is 18.2 Å². The molecule has 1 aromatic heterocycles. The molecule has 3 rings (SSSR count). The molecule has 106 valence electrons. The number of aryl methyl sites for hydroxylation is 2. The molecule has 2 aromatic carbocycles. The molecule has 0 unspecified atom stereocenters. The summed E-state index contributed by atoms with van der Waals surface area (Å²) in [5.41, 5.74) is 9.79. The molecule has 0 saturated heterocycles. The van der Waals surface area contributed by atoms with Gasteiger partial charge in [-0.3, -0.25) is 0 Å². The number of halogens is 1. The molecule has 21 heavy (non-hydrogen) atoms. The third-order valence-corrected chi connectivity index (χ3v) is 3.38. The van der Waals surface area contributed by atoms with Crippen molar-refractivity contribution in [3.05, 3.63) is 53.3 Å². The second-order valence-electron chi connectivity index (χ2n) is 4.89. The smallest absolute Gasteiger partial charge is 0.189 e. The number of nitrogens with two attached hydrogens (primary N) is 1. The molecule has 3 aromatic rings. The van der Waals surface area contributed by atoms with Crippen LogP contribution in [-0.2, 0) is 0 Å². The molecule has 0 bridgehead atoms. The van der Waals surface area contributed by atoms with Gasteiger partial charge in [-0.15, -0.1) is 5.10 Å². The molecule has 0 spiro atoms. The average Bonchev–Trinajstić information content (AvgIpc) is 2.87. The molecule has 1 heterocycles. The predicted molar refractivity (Wildman–Crippen MR) is 78.4 cm³/mol. The predicted octanol–water partition coefficient (Wildman–Crippen LogP) is 2.67. The van der Waals surface area contributed by atoms with Gasteiger partial charge < -0.3 is 5.73 Å². The molecule has 6 heteroatoms. The number of benzene rings is 2. The lowest BCUT2D eigenvalue weighted by Crippen LogP contribution is -2.05. The van der Waals surface area contributed by atoms with Crippen LogP contribution in [0.5, 0.6) is 0 Å². The van der Waals surface area contributed by atoms with Crippen LogP contribution in [0.2, 0.25) is 0 Å². The van der Waals surface area contributed by atoms with Crippen LogP contribution in [-0.4, -0.2) is 20.2 Å². The fraction of sp³-hybridized carbons (Fsp3) is 0.133. The second-order valence-corrected chi connectivity index (χ2v) is 4.89. The summed E-state index contributed by atoms with van der Waals surface area (Å²) >= 11 is 0. The molecule has 2 N–H and O–H groups in total. The SMILES string of the molecule is Cc1cccc(C)c1-n1nnnc1-c1ccc(F)cc1N. The minimum atomic E-state index is -0.387. The number of para-hydroxylation sites is 1. The Morgan fingerprint density at radius 1 is 1.10 bits per heavy atom. The van der Waals surface area contributed by atoms with Crippen molar-refractivity contribution >= 4 is 5.69 Å². The average molecular weight is 283 g/mol. The number of aromatic nitrogens is 4. The highest BCUT2D eigenvalue weighted by atomic mass is 19.1. The van der Waals surface area contributed by atoms with Gasteiger partial charge in [-0.05, 0) is 53.6 Å². The molecule has 0 aliphatic carbocycles. The molecule has 0 radical (unpaired) electrons. The van der Waals surface area contributed by atoms with Crippen molar-refractivity contribution in [3.63, 3.8) is 0 Å². The molecule has 0 amide bonds. The zero-order chi connectivity index (χ0) is 15.0. The van der Waals surface area contributed by atoms with Crippen LogP contribution in [0, 0.1) is 19.7 Å². The first-order valence-electron chi connectivity index (χ1n) is 6.48. The first-order valence-corrected chi connectivity index (χ1v) is 6.48. The van der Waals surface area contributed by atoms with Crippen molar-refractivity contribution in [2.24, 2.45) is 0 Å². The van der Waals surface area contributed by atoms with Crippen LogP contribution in [0.15, 0.2) is 36.4 Å². The van der Waals surface area contributed by atoms with Gasteiger partial charge in [0.25, 0.3) is 0 Å². The quantitative estimate of drug-likeness (QED) is 0.734. The topological polar surface area (TPSA) is 69.6 Å². The number of hydrogen-bond donors (Lipinski definition) is 1. The maximum Gasteiger partial charge on any atom is 0.189 e. The molecular formula is C15H14FN5. The van der Waals surface area contributed by atoms with E-state index in [-0.39, 0.29) is 5.82 Å². The Morgan fingerprint density at radius 2 is 1.81 bits per heavy atom. The van der Waals surface area contributed by atoms with E-state index < -0.39 is 0 Å². The molecule has 0 saturated carbocycles. The van der Waals surface area contributed by atoms with E-state index in [0.717, 1.165) is 16.8 Å². The van der Waals surface area contributed by atoms with Gasteiger partial charge in [0, 0.05) is 11.3 Å². The number of nitrogen functional groups attached to an aromatic ring is 1. The normalized spacial score (nSPS) is 10.8. The lowest BCUT2D eigenvalue weighted by atomic mass is 10.1. The summed E-state index contributed by atoms with van der Waals surface area (Å²) in [6.07, 6.45) is 0. The van der Waals surface area contributed by atoms with Crippen molar-refractivity contribution in [2.45, 2.75) is 13.8 Å². The monoisotopic (exact) mass is 283 g/mol. The number of hydrogen-bond acceptors (Lipinski definition) is 4. The highest BCUT2D eigenvalue weighted by Crippen LogP contribution is 2.28. The number of nitrogens with zero attached hydrogens (tertiary/aromatic N) is 4. The Balaban J connectivity index is 2.22. The Hall–Kier alpha value is -2.76. The Kier molecular flexibility index (Phi) is 3.13. The highest BCUT2D eigenvalue weighted by Gasteiger charge is 2.16. The summed E-state index contributed by atoms with van der Waals surface area (Å²) in [6.45, 7) is 3.98. The summed E-state index contributed by atoms with van der Waals surface area (Å²) in [6, 6.07) is 10.1. The van der Waals surface area contributed by atoms with Crippen molar-refractivity contribution in [1.29, 1.82) is 0 Å². The minimum Gasteiger partial charge on any atom is -0.398 e. The van der Waals surface area contributed by atoms with Crippen LogP contribution in [0.1, 0.15) is 11.1 Å².